The van der Waals surface area contributed by atoms with Crippen molar-refractivity contribution in [2.75, 3.05) is 13.7 Å². The number of hydrogen-bond donors (Lipinski definition) is 0. The maximum atomic E-state index is 13.3. The Balaban J connectivity index is 1.55. The van der Waals surface area contributed by atoms with E-state index >= 15 is 0 Å². The van der Waals surface area contributed by atoms with Crippen LogP contribution in [0, 0.1) is 28.6 Å². The molecular weight excluding hydrogens is 376 g/mol. The van der Waals surface area contributed by atoms with E-state index in [4.69, 9.17) is 18.9 Å². The van der Waals surface area contributed by atoms with Gasteiger partial charge in [-0.05, 0) is 38.0 Å². The number of esters is 3. The van der Waals surface area contributed by atoms with E-state index in [-0.39, 0.29) is 29.7 Å². The molecule has 29 heavy (non-hydrogen) atoms. The average Bonchev–Trinajstić information content (AvgIpc) is 3.32. The molecule has 2 saturated heterocycles. The average molecular weight is 402 g/mol. The summed E-state index contributed by atoms with van der Waals surface area (Å²) in [6, 6.07) is 0. The van der Waals surface area contributed by atoms with E-state index in [0.717, 1.165) is 6.42 Å². The summed E-state index contributed by atoms with van der Waals surface area (Å²) >= 11 is 0. The molecule has 8 atom stereocenters. The van der Waals surface area contributed by atoms with E-state index < -0.39 is 33.6 Å². The molecule has 0 aromatic heterocycles. The predicted octanol–water partition coefficient (Wildman–Crippen LogP) is 1.93. The minimum atomic E-state index is -0.840. The number of hydrogen-bond acceptors (Lipinski definition) is 7. The standard InChI is InChI=1S/C22H26O7/c1-12(23)28-20-8-5-13-19(9-20,10-21(20)11-27-21)14(16(24)26-3)15-18(2)6-4-7-22(13,15)29-17(18)25/h4,6,13-15H,5,7-11H2,1-3H3/t13-,14-,15-,18+,19-,20+,21+,22-/m1/s1. The fraction of sp³-hybridized carbons (Fsp3) is 0.773. The lowest BCUT2D eigenvalue weighted by Crippen LogP contribution is -2.50. The second kappa shape index (κ2) is 4.88. The first-order valence-corrected chi connectivity index (χ1v) is 10.5. The van der Waals surface area contributed by atoms with E-state index in [1.54, 1.807) is 0 Å². The molecule has 5 fully saturated rings. The van der Waals surface area contributed by atoms with Crippen LogP contribution in [0.3, 0.4) is 0 Å². The van der Waals surface area contributed by atoms with Crippen LogP contribution in [0.5, 0.6) is 0 Å². The third-order valence-electron chi connectivity index (χ3n) is 9.22. The fourth-order valence-corrected chi connectivity index (χ4v) is 8.45. The van der Waals surface area contributed by atoms with Gasteiger partial charge in [0.05, 0.1) is 25.0 Å². The predicted molar refractivity (Wildman–Crippen MR) is 97.3 cm³/mol. The highest BCUT2D eigenvalue weighted by Gasteiger charge is 2.87. The molecule has 0 radical (unpaired) electrons. The molecule has 2 heterocycles. The molecule has 156 valence electrons. The Bertz CT molecular complexity index is 890. The van der Waals surface area contributed by atoms with Crippen LogP contribution in [0.1, 0.15) is 46.0 Å². The molecule has 4 aliphatic carbocycles. The van der Waals surface area contributed by atoms with Gasteiger partial charge in [0.25, 0.3) is 0 Å². The Morgan fingerprint density at radius 1 is 1.28 bits per heavy atom. The number of fused-ring (bicyclic) bond motifs is 2. The molecule has 4 bridgehead atoms. The molecule has 7 nitrogen and oxygen atoms in total. The quantitative estimate of drug-likeness (QED) is 0.302. The summed E-state index contributed by atoms with van der Waals surface area (Å²) in [5.74, 6) is -1.60. The molecular formula is C22H26O7. The van der Waals surface area contributed by atoms with Gasteiger partial charge in [-0.25, -0.2) is 0 Å². The van der Waals surface area contributed by atoms with Crippen LogP contribution in [0.4, 0.5) is 0 Å². The molecule has 0 N–H and O–H groups in total. The maximum absolute atomic E-state index is 13.3. The van der Waals surface area contributed by atoms with Gasteiger partial charge in [0.15, 0.2) is 0 Å². The van der Waals surface area contributed by atoms with Crippen LogP contribution in [0.15, 0.2) is 12.2 Å². The summed E-state index contributed by atoms with van der Waals surface area (Å²) in [7, 11) is 1.41. The van der Waals surface area contributed by atoms with E-state index in [0.29, 0.717) is 32.3 Å². The van der Waals surface area contributed by atoms with Crippen molar-refractivity contribution in [1.82, 2.24) is 0 Å². The molecule has 2 aliphatic heterocycles. The number of ether oxygens (including phenoxy) is 4. The lowest BCUT2D eigenvalue weighted by Gasteiger charge is -2.46. The van der Waals surface area contributed by atoms with Gasteiger partial charge in [-0.1, -0.05) is 12.2 Å². The second-order valence-corrected chi connectivity index (χ2v) is 10.3. The van der Waals surface area contributed by atoms with Gasteiger partial charge in [-0.3, -0.25) is 14.4 Å². The Morgan fingerprint density at radius 2 is 2.03 bits per heavy atom. The van der Waals surface area contributed by atoms with Gasteiger partial charge >= 0.3 is 17.9 Å². The zero-order valence-corrected chi connectivity index (χ0v) is 17.0. The van der Waals surface area contributed by atoms with Crippen LogP contribution < -0.4 is 0 Å². The molecule has 0 unspecified atom stereocenters. The van der Waals surface area contributed by atoms with Crippen LogP contribution >= 0.6 is 0 Å². The van der Waals surface area contributed by atoms with Crippen molar-refractivity contribution in [3.8, 4) is 0 Å². The molecule has 0 amide bonds. The van der Waals surface area contributed by atoms with E-state index in [2.05, 4.69) is 0 Å². The van der Waals surface area contributed by atoms with Crippen molar-refractivity contribution >= 4 is 17.9 Å². The normalized spacial score (nSPS) is 55.3. The number of rotatable bonds is 2. The Hall–Kier alpha value is -1.89. The van der Waals surface area contributed by atoms with Gasteiger partial charge < -0.3 is 18.9 Å². The minimum absolute atomic E-state index is 0.0204. The summed E-state index contributed by atoms with van der Waals surface area (Å²) in [6.07, 6.45) is 7.19. The highest BCUT2D eigenvalue weighted by atomic mass is 16.6. The molecule has 6 rings (SSSR count). The highest BCUT2D eigenvalue weighted by molar-refractivity contribution is 5.87. The lowest BCUT2D eigenvalue weighted by molar-refractivity contribution is -0.174. The van der Waals surface area contributed by atoms with Crippen LogP contribution in [-0.2, 0) is 33.3 Å². The molecule has 0 aromatic rings. The lowest BCUT2D eigenvalue weighted by atomic mass is 9.62. The monoisotopic (exact) mass is 402 g/mol. The summed E-state index contributed by atoms with van der Waals surface area (Å²) < 4.78 is 23.4. The Morgan fingerprint density at radius 3 is 2.69 bits per heavy atom. The Labute approximate surface area is 169 Å². The van der Waals surface area contributed by atoms with Crippen LogP contribution in [0.2, 0.25) is 0 Å². The van der Waals surface area contributed by atoms with Gasteiger partial charge in [0.1, 0.15) is 16.8 Å². The molecule has 7 heteroatoms. The second-order valence-electron chi connectivity index (χ2n) is 10.3. The molecule has 6 aliphatic rings. The summed E-state index contributed by atoms with van der Waals surface area (Å²) in [4.78, 5) is 38.2. The van der Waals surface area contributed by atoms with Crippen molar-refractivity contribution in [3.63, 3.8) is 0 Å². The van der Waals surface area contributed by atoms with Gasteiger partial charge in [-0.15, -0.1) is 0 Å². The number of methoxy groups -OCH3 is 1. The van der Waals surface area contributed by atoms with E-state index in [1.807, 2.05) is 19.1 Å². The number of carbonyl (C=O) groups excluding carboxylic acids is 3. The van der Waals surface area contributed by atoms with Crippen LogP contribution in [0.25, 0.3) is 0 Å². The van der Waals surface area contributed by atoms with Gasteiger partial charge in [0, 0.05) is 25.2 Å². The summed E-state index contributed by atoms with van der Waals surface area (Å²) in [5, 5.41) is 0. The van der Waals surface area contributed by atoms with Crippen molar-refractivity contribution in [1.29, 1.82) is 0 Å². The highest BCUT2D eigenvalue weighted by Crippen LogP contribution is 2.80. The smallest absolute Gasteiger partial charge is 0.316 e. The molecule has 2 spiro atoms. The van der Waals surface area contributed by atoms with Gasteiger partial charge in [0.2, 0.25) is 0 Å². The van der Waals surface area contributed by atoms with Gasteiger partial charge in [-0.2, -0.15) is 0 Å². The van der Waals surface area contributed by atoms with Crippen molar-refractivity contribution in [3.05, 3.63) is 12.2 Å². The van der Waals surface area contributed by atoms with Crippen molar-refractivity contribution in [2.45, 2.75) is 62.8 Å². The zero-order valence-electron chi connectivity index (χ0n) is 17.0. The molecule has 3 saturated carbocycles. The topological polar surface area (TPSA) is 91.4 Å². The van der Waals surface area contributed by atoms with Crippen LogP contribution in [-0.4, -0.2) is 48.4 Å². The summed E-state index contributed by atoms with van der Waals surface area (Å²) in [6.45, 7) is 3.86. The third-order valence-corrected chi connectivity index (χ3v) is 9.22. The first-order chi connectivity index (χ1) is 13.7. The van der Waals surface area contributed by atoms with Crippen molar-refractivity contribution in [2.24, 2.45) is 28.6 Å². The zero-order chi connectivity index (χ0) is 20.4. The van der Waals surface area contributed by atoms with Crippen molar-refractivity contribution < 1.29 is 33.3 Å². The number of carbonyl (C=O) groups is 3. The number of epoxide rings is 1. The first kappa shape index (κ1) is 17.9. The fourth-order valence-electron chi connectivity index (χ4n) is 8.45. The summed E-state index contributed by atoms with van der Waals surface area (Å²) in [5.41, 5.74) is -3.23. The SMILES string of the molecule is COC(=O)[C@H]1[C@H]2[C@@]3(CC=C[C@]2(C)C(=O)O3)[C@@H]2CC[C@]3(OC(C)=O)C[C@@]21C[C@]31CO1. The van der Waals surface area contributed by atoms with E-state index in [1.165, 1.54) is 14.0 Å². The third kappa shape index (κ3) is 1.71. The molecule has 0 aromatic carbocycles. The first-order valence-electron chi connectivity index (χ1n) is 10.5. The Kier molecular flexibility index (Phi) is 3.01. The minimum Gasteiger partial charge on any atom is -0.469 e. The largest absolute Gasteiger partial charge is 0.469 e. The maximum Gasteiger partial charge on any atom is 0.316 e. The van der Waals surface area contributed by atoms with E-state index in [9.17, 15) is 14.4 Å².